The second kappa shape index (κ2) is 8.90. The Hall–Kier alpha value is -4.33. The molecule has 170 valence electrons. The van der Waals surface area contributed by atoms with Crippen molar-refractivity contribution >= 4 is 28.4 Å². The molecule has 1 aliphatic rings. The zero-order chi connectivity index (χ0) is 23.7. The van der Waals surface area contributed by atoms with E-state index in [0.29, 0.717) is 35.3 Å². The van der Waals surface area contributed by atoms with E-state index in [1.54, 1.807) is 25.1 Å². The number of carbonyl (C=O) groups excluding carboxylic acids is 1. The maximum absolute atomic E-state index is 15.1. The summed E-state index contributed by atoms with van der Waals surface area (Å²) in [5, 5.41) is 10.6. The lowest BCUT2D eigenvalue weighted by Gasteiger charge is -2.09. The van der Waals surface area contributed by atoms with Gasteiger partial charge in [-0.15, -0.1) is 0 Å². The number of rotatable bonds is 4. The van der Waals surface area contributed by atoms with Crippen LogP contribution in [0.4, 0.5) is 14.9 Å². The molecule has 1 aromatic heterocycles. The molecule has 0 bridgehead atoms. The number of aromatic amines is 1. The standard InChI is InChI=1S/C26H21FN4O3/c1-2-34-26(33)29-24-14-17-13-16(8-10-22(17)28-24)18-9-7-15(11-21(18)27)12-23-19-5-3-4-6-20(19)25(32)31-30-23/h3-11,13H,2,12,14H2,1H3,(H,31,32)(H,28,29,33). The number of carbonyl (C=O) groups is 1. The molecule has 5 rings (SSSR count). The quantitative estimate of drug-likeness (QED) is 0.467. The van der Waals surface area contributed by atoms with E-state index < -0.39 is 6.09 Å². The van der Waals surface area contributed by atoms with Crippen molar-refractivity contribution in [3.05, 3.63) is 93.7 Å². The van der Waals surface area contributed by atoms with Crippen molar-refractivity contribution in [1.82, 2.24) is 15.5 Å². The number of halogens is 1. The molecule has 7 nitrogen and oxygen atoms in total. The zero-order valence-corrected chi connectivity index (χ0v) is 18.4. The first-order valence-corrected chi connectivity index (χ1v) is 10.9. The van der Waals surface area contributed by atoms with Crippen molar-refractivity contribution in [3.63, 3.8) is 0 Å². The van der Waals surface area contributed by atoms with Crippen LogP contribution in [0.2, 0.25) is 0 Å². The van der Waals surface area contributed by atoms with Crippen molar-refractivity contribution in [2.45, 2.75) is 19.8 Å². The number of amides is 1. The number of benzene rings is 3. The molecule has 0 aliphatic carbocycles. The molecule has 3 aromatic carbocycles. The summed E-state index contributed by atoms with van der Waals surface area (Å²) in [6.07, 6.45) is 0.280. The lowest BCUT2D eigenvalue weighted by molar-refractivity contribution is 0.157. The molecule has 0 unspecified atom stereocenters. The number of fused-ring (bicyclic) bond motifs is 2. The van der Waals surface area contributed by atoms with Crippen LogP contribution in [-0.4, -0.2) is 28.7 Å². The average Bonchev–Trinajstić information content (AvgIpc) is 3.22. The number of aromatic nitrogens is 2. The van der Waals surface area contributed by atoms with Gasteiger partial charge in [-0.05, 0) is 47.9 Å². The Balaban J connectivity index is 1.37. The maximum atomic E-state index is 15.1. The van der Waals surface area contributed by atoms with E-state index in [1.807, 2.05) is 36.4 Å². The first-order valence-electron chi connectivity index (χ1n) is 10.9. The van der Waals surface area contributed by atoms with Gasteiger partial charge in [0.1, 0.15) is 11.7 Å². The minimum Gasteiger partial charge on any atom is -0.450 e. The zero-order valence-electron chi connectivity index (χ0n) is 18.4. The molecule has 0 saturated carbocycles. The lowest BCUT2D eigenvalue weighted by atomic mass is 9.98. The van der Waals surface area contributed by atoms with Crippen LogP contribution >= 0.6 is 0 Å². The Morgan fingerprint density at radius 1 is 1.12 bits per heavy atom. The molecule has 0 atom stereocenters. The second-order valence-electron chi connectivity index (χ2n) is 7.96. The van der Waals surface area contributed by atoms with Gasteiger partial charge < -0.3 is 4.74 Å². The van der Waals surface area contributed by atoms with Gasteiger partial charge in [0.15, 0.2) is 0 Å². The van der Waals surface area contributed by atoms with E-state index in [4.69, 9.17) is 4.74 Å². The maximum Gasteiger partial charge on any atom is 0.412 e. The number of aliphatic imine (C=N–C) groups is 1. The van der Waals surface area contributed by atoms with Crippen LogP contribution in [0.1, 0.15) is 23.7 Å². The van der Waals surface area contributed by atoms with Crippen molar-refractivity contribution < 1.29 is 13.9 Å². The van der Waals surface area contributed by atoms with Crippen LogP contribution in [0.25, 0.3) is 21.9 Å². The highest BCUT2D eigenvalue weighted by Gasteiger charge is 2.19. The van der Waals surface area contributed by atoms with Crippen LogP contribution in [0.3, 0.4) is 0 Å². The Kier molecular flexibility index (Phi) is 5.63. The molecule has 2 heterocycles. The number of hydrogen-bond donors (Lipinski definition) is 2. The van der Waals surface area contributed by atoms with E-state index >= 15 is 4.39 Å². The summed E-state index contributed by atoms with van der Waals surface area (Å²) in [4.78, 5) is 28.1. The molecule has 0 radical (unpaired) electrons. The topological polar surface area (TPSA) is 96.4 Å². The summed E-state index contributed by atoms with van der Waals surface area (Å²) in [5.41, 5.74) is 4.01. The normalized spacial score (nSPS) is 12.4. The van der Waals surface area contributed by atoms with E-state index in [0.717, 1.165) is 27.8 Å². The summed E-state index contributed by atoms with van der Waals surface area (Å²) in [6.45, 7) is 2.01. The molecule has 34 heavy (non-hydrogen) atoms. The number of H-pyrrole nitrogens is 1. The summed E-state index contributed by atoms with van der Waals surface area (Å²) < 4.78 is 20.0. The minimum absolute atomic E-state index is 0.248. The summed E-state index contributed by atoms with van der Waals surface area (Å²) in [7, 11) is 0. The Bertz CT molecular complexity index is 1510. The number of nitrogens with zero attached hydrogens (tertiary/aromatic N) is 2. The third-order valence-corrected chi connectivity index (χ3v) is 5.71. The largest absolute Gasteiger partial charge is 0.450 e. The molecular formula is C26H21FN4O3. The van der Waals surface area contributed by atoms with Crippen molar-refractivity contribution in [2.24, 2.45) is 4.99 Å². The molecule has 0 saturated heterocycles. The third-order valence-electron chi connectivity index (χ3n) is 5.71. The van der Waals surface area contributed by atoms with Gasteiger partial charge in [0.05, 0.1) is 23.4 Å². The SMILES string of the molecule is CCOC(=O)NC1=Nc2ccc(-c3ccc(Cc4n[nH]c(=O)c5ccccc45)cc3F)cc2C1. The first kappa shape index (κ1) is 21.5. The molecule has 2 N–H and O–H groups in total. The van der Waals surface area contributed by atoms with Gasteiger partial charge in [-0.3, -0.25) is 10.1 Å². The van der Waals surface area contributed by atoms with Gasteiger partial charge in [-0.1, -0.05) is 36.4 Å². The Morgan fingerprint density at radius 2 is 1.94 bits per heavy atom. The van der Waals surface area contributed by atoms with Crippen molar-refractivity contribution in [3.8, 4) is 11.1 Å². The molecule has 0 fully saturated rings. The molecule has 1 amide bonds. The van der Waals surface area contributed by atoms with Crippen LogP contribution < -0.4 is 10.9 Å². The van der Waals surface area contributed by atoms with Crippen LogP contribution in [0.5, 0.6) is 0 Å². The van der Waals surface area contributed by atoms with Crippen molar-refractivity contribution in [1.29, 1.82) is 0 Å². The molecule has 1 aliphatic heterocycles. The predicted octanol–water partition coefficient (Wildman–Crippen LogP) is 4.65. The van der Waals surface area contributed by atoms with Crippen molar-refractivity contribution in [2.75, 3.05) is 6.61 Å². The van der Waals surface area contributed by atoms with Gasteiger partial charge in [-0.25, -0.2) is 19.3 Å². The fourth-order valence-electron chi connectivity index (χ4n) is 4.13. The summed E-state index contributed by atoms with van der Waals surface area (Å²) in [5.74, 6) is 0.150. The van der Waals surface area contributed by atoms with Crippen LogP contribution in [0, 0.1) is 5.82 Å². The van der Waals surface area contributed by atoms with Gasteiger partial charge in [0, 0.05) is 23.8 Å². The lowest BCUT2D eigenvalue weighted by Crippen LogP contribution is -2.31. The van der Waals surface area contributed by atoms with E-state index in [-0.39, 0.29) is 18.0 Å². The Labute approximate surface area is 194 Å². The minimum atomic E-state index is -0.541. The van der Waals surface area contributed by atoms with Gasteiger partial charge in [0.2, 0.25) is 0 Å². The third kappa shape index (κ3) is 4.17. The average molecular weight is 456 g/mol. The highest BCUT2D eigenvalue weighted by Crippen LogP contribution is 2.32. The molecule has 0 spiro atoms. The van der Waals surface area contributed by atoms with Crippen LogP contribution in [0.15, 0.2) is 70.5 Å². The highest BCUT2D eigenvalue weighted by molar-refractivity contribution is 6.01. The van der Waals surface area contributed by atoms with Gasteiger partial charge in [-0.2, -0.15) is 5.10 Å². The number of amidine groups is 1. The smallest absolute Gasteiger partial charge is 0.412 e. The van der Waals surface area contributed by atoms with E-state index in [9.17, 15) is 9.59 Å². The highest BCUT2D eigenvalue weighted by atomic mass is 19.1. The molecule has 4 aromatic rings. The van der Waals surface area contributed by atoms with Gasteiger partial charge >= 0.3 is 6.09 Å². The molecular weight excluding hydrogens is 435 g/mol. The van der Waals surface area contributed by atoms with Crippen LogP contribution in [-0.2, 0) is 17.6 Å². The Morgan fingerprint density at radius 3 is 2.74 bits per heavy atom. The monoisotopic (exact) mass is 456 g/mol. The fourth-order valence-corrected chi connectivity index (χ4v) is 4.13. The number of nitrogens with one attached hydrogen (secondary N) is 2. The van der Waals surface area contributed by atoms with E-state index in [1.165, 1.54) is 6.07 Å². The number of hydrogen-bond acceptors (Lipinski definition) is 5. The fraction of sp³-hybridized carbons (Fsp3) is 0.154. The first-order chi connectivity index (χ1) is 16.5. The second-order valence-corrected chi connectivity index (χ2v) is 7.96. The van der Waals surface area contributed by atoms with E-state index in [2.05, 4.69) is 20.5 Å². The number of ether oxygens (including phenoxy) is 1. The van der Waals surface area contributed by atoms with Gasteiger partial charge in [0.25, 0.3) is 5.56 Å². The number of alkyl carbamates (subject to hydrolysis) is 1. The summed E-state index contributed by atoms with van der Waals surface area (Å²) in [6, 6.07) is 17.8. The summed E-state index contributed by atoms with van der Waals surface area (Å²) >= 11 is 0. The predicted molar refractivity (Wildman–Crippen MR) is 128 cm³/mol. The molecule has 8 heteroatoms.